The largest absolute Gasteiger partial charge is 0.494 e. The Labute approximate surface area is 154 Å². The van der Waals surface area contributed by atoms with Crippen LogP contribution in [0.25, 0.3) is 0 Å². The third kappa shape index (κ3) is 3.96. The van der Waals surface area contributed by atoms with E-state index in [1.54, 1.807) is 18.2 Å². The molecule has 0 saturated carbocycles. The van der Waals surface area contributed by atoms with E-state index in [1.807, 2.05) is 0 Å². The van der Waals surface area contributed by atoms with Gasteiger partial charge >= 0.3 is 5.97 Å². The molecule has 0 aliphatic carbocycles. The first-order valence-electron chi connectivity index (χ1n) is 7.92. The minimum absolute atomic E-state index is 0.0372. The lowest BCUT2D eigenvalue weighted by atomic mass is 9.97. The zero-order chi connectivity index (χ0) is 18.7. The molecule has 0 bridgehead atoms. The lowest BCUT2D eigenvalue weighted by molar-refractivity contribution is -0.148. The van der Waals surface area contributed by atoms with Crippen LogP contribution in [0.5, 0.6) is 11.5 Å². The molecule has 2 aromatic carbocycles. The number of hydrogen-bond acceptors (Lipinski definition) is 5. The van der Waals surface area contributed by atoms with Gasteiger partial charge in [-0.15, -0.1) is 0 Å². The van der Waals surface area contributed by atoms with E-state index >= 15 is 0 Å². The van der Waals surface area contributed by atoms with Crippen LogP contribution in [0.1, 0.15) is 15.9 Å². The first-order chi connectivity index (χ1) is 12.5. The van der Waals surface area contributed by atoms with E-state index in [1.165, 1.54) is 19.2 Å². The van der Waals surface area contributed by atoms with Gasteiger partial charge in [0.2, 0.25) is 0 Å². The van der Waals surface area contributed by atoms with Crippen LogP contribution < -0.4 is 9.47 Å². The molecule has 0 unspecified atom stereocenters. The van der Waals surface area contributed by atoms with Crippen molar-refractivity contribution in [3.05, 3.63) is 58.4 Å². The van der Waals surface area contributed by atoms with Gasteiger partial charge in [-0.1, -0.05) is 11.6 Å². The molecule has 0 radical (unpaired) electrons. The third-order valence-electron chi connectivity index (χ3n) is 4.08. The van der Waals surface area contributed by atoms with Crippen LogP contribution in [0.2, 0.25) is 5.02 Å². The Morgan fingerprint density at radius 3 is 2.81 bits per heavy atom. The summed E-state index contributed by atoms with van der Waals surface area (Å²) in [6, 6.07) is 9.02. The maximum Gasteiger partial charge on any atom is 0.313 e. The molecule has 0 fully saturated rings. The van der Waals surface area contributed by atoms with Crippen molar-refractivity contribution in [3.8, 4) is 11.5 Å². The molecule has 1 aliphatic heterocycles. The van der Waals surface area contributed by atoms with E-state index in [2.05, 4.69) is 0 Å². The zero-order valence-corrected chi connectivity index (χ0v) is 14.7. The number of methoxy groups -OCH3 is 1. The summed E-state index contributed by atoms with van der Waals surface area (Å²) in [7, 11) is 1.33. The molecule has 5 nitrogen and oxygen atoms in total. The number of ether oxygens (including phenoxy) is 3. The minimum atomic E-state index is -0.654. The molecule has 26 heavy (non-hydrogen) atoms. The summed E-state index contributed by atoms with van der Waals surface area (Å²) in [4.78, 5) is 24.3. The first kappa shape index (κ1) is 18.2. The molecule has 0 spiro atoms. The molecule has 1 aliphatic rings. The van der Waals surface area contributed by atoms with Crippen molar-refractivity contribution in [1.82, 2.24) is 0 Å². The summed E-state index contributed by atoms with van der Waals surface area (Å²) in [6.07, 6.45) is 0.417. The van der Waals surface area contributed by atoms with Gasteiger partial charge in [0.05, 0.1) is 13.0 Å². The Morgan fingerprint density at radius 1 is 1.27 bits per heavy atom. The van der Waals surface area contributed by atoms with Crippen LogP contribution in [0, 0.1) is 11.7 Å². The topological polar surface area (TPSA) is 61.8 Å². The highest BCUT2D eigenvalue weighted by Gasteiger charge is 2.28. The highest BCUT2D eigenvalue weighted by Crippen LogP contribution is 2.30. The number of benzene rings is 2. The van der Waals surface area contributed by atoms with Gasteiger partial charge in [0.1, 0.15) is 12.4 Å². The number of fused-ring (bicyclic) bond motifs is 1. The second-order valence-corrected chi connectivity index (χ2v) is 6.28. The van der Waals surface area contributed by atoms with Gasteiger partial charge in [-0.05, 0) is 48.4 Å². The van der Waals surface area contributed by atoms with Crippen molar-refractivity contribution in [2.24, 2.45) is 5.92 Å². The van der Waals surface area contributed by atoms with Crippen LogP contribution in [-0.4, -0.2) is 32.1 Å². The highest BCUT2D eigenvalue weighted by atomic mass is 35.5. The number of rotatable bonds is 5. The number of ketones is 1. The van der Waals surface area contributed by atoms with Gasteiger partial charge in [-0.25, -0.2) is 4.39 Å². The highest BCUT2D eigenvalue weighted by molar-refractivity contribution is 6.30. The van der Waals surface area contributed by atoms with E-state index in [-0.39, 0.29) is 17.9 Å². The number of halogens is 2. The Bertz CT molecular complexity index is 852. The number of carbonyl (C=O) groups excluding carboxylic acids is 2. The van der Waals surface area contributed by atoms with Crippen molar-refractivity contribution < 1.29 is 28.2 Å². The fourth-order valence-corrected chi connectivity index (χ4v) is 2.89. The van der Waals surface area contributed by atoms with Crippen LogP contribution in [0.3, 0.4) is 0 Å². The number of Topliss-reactive ketones (excluding diaryl/α,β-unsaturated/α-hetero) is 1. The zero-order valence-electron chi connectivity index (χ0n) is 14.0. The van der Waals surface area contributed by atoms with Gasteiger partial charge in [-0.3, -0.25) is 9.59 Å². The second kappa shape index (κ2) is 7.74. The number of hydrogen-bond donors (Lipinski definition) is 0. The smallest absolute Gasteiger partial charge is 0.313 e. The Hall–Kier alpha value is -2.60. The maximum atomic E-state index is 13.7. The van der Waals surface area contributed by atoms with Gasteiger partial charge in [0.15, 0.2) is 24.0 Å². The molecule has 1 heterocycles. The Kier molecular flexibility index (Phi) is 5.42. The summed E-state index contributed by atoms with van der Waals surface area (Å²) in [5.41, 5.74) is 0.919. The monoisotopic (exact) mass is 378 g/mol. The summed E-state index contributed by atoms with van der Waals surface area (Å²) >= 11 is 5.95. The van der Waals surface area contributed by atoms with Crippen molar-refractivity contribution >= 4 is 23.4 Å². The van der Waals surface area contributed by atoms with E-state index in [9.17, 15) is 14.0 Å². The number of carbonyl (C=O) groups is 2. The molecule has 0 amide bonds. The average Bonchev–Trinajstić information content (AvgIpc) is 2.65. The molecule has 1 atom stereocenters. The van der Waals surface area contributed by atoms with Crippen molar-refractivity contribution in [2.75, 3.05) is 20.3 Å². The standard InChI is InChI=1S/C19H16ClFO5/c1-24-18-4-2-11(8-15(18)21)16(22)10-26-19(23)13-6-12-7-14(20)3-5-17(12)25-9-13/h2-5,7-8,13H,6,9-10H2,1H3/t13-/m1/s1. The summed E-state index contributed by atoms with van der Waals surface area (Å²) in [5, 5.41) is 0.554. The molecular weight excluding hydrogens is 363 g/mol. The molecule has 136 valence electrons. The lowest BCUT2D eigenvalue weighted by Gasteiger charge is -2.24. The normalized spacial score (nSPS) is 15.6. The molecule has 0 aromatic heterocycles. The van der Waals surface area contributed by atoms with Gasteiger partial charge in [-0.2, -0.15) is 0 Å². The van der Waals surface area contributed by atoms with E-state index in [4.69, 9.17) is 25.8 Å². The fourth-order valence-electron chi connectivity index (χ4n) is 2.69. The van der Waals surface area contributed by atoms with Crippen molar-refractivity contribution in [3.63, 3.8) is 0 Å². The summed E-state index contributed by atoms with van der Waals surface area (Å²) < 4.78 is 29.1. The second-order valence-electron chi connectivity index (χ2n) is 5.84. The molecule has 0 N–H and O–H groups in total. The van der Waals surface area contributed by atoms with Crippen LogP contribution in [0.4, 0.5) is 4.39 Å². The quantitative estimate of drug-likeness (QED) is 0.589. The SMILES string of the molecule is COc1ccc(C(=O)COC(=O)[C@H]2COc3ccc(Cl)cc3C2)cc1F. The molecular formula is C19H16ClFO5. The predicted octanol–water partition coefficient (Wildman–Crippen LogP) is 3.46. The average molecular weight is 379 g/mol. The van der Waals surface area contributed by atoms with E-state index in [0.29, 0.717) is 17.2 Å². The van der Waals surface area contributed by atoms with E-state index in [0.717, 1.165) is 11.6 Å². The predicted molar refractivity (Wildman–Crippen MR) is 92.4 cm³/mol. The van der Waals surface area contributed by atoms with Crippen LogP contribution in [-0.2, 0) is 16.0 Å². The summed E-state index contributed by atoms with van der Waals surface area (Å²) in [5.74, 6) is -1.50. The molecule has 2 aromatic rings. The van der Waals surface area contributed by atoms with Gasteiger partial charge in [0.25, 0.3) is 0 Å². The van der Waals surface area contributed by atoms with Crippen molar-refractivity contribution in [2.45, 2.75) is 6.42 Å². The maximum absolute atomic E-state index is 13.7. The molecule has 0 saturated heterocycles. The van der Waals surface area contributed by atoms with E-state index < -0.39 is 30.1 Å². The van der Waals surface area contributed by atoms with Gasteiger partial charge in [0, 0.05) is 10.6 Å². The van der Waals surface area contributed by atoms with Crippen LogP contribution >= 0.6 is 11.6 Å². The lowest BCUT2D eigenvalue weighted by Crippen LogP contribution is -2.31. The summed E-state index contributed by atoms with van der Waals surface area (Å²) in [6.45, 7) is -0.303. The first-order valence-corrected chi connectivity index (χ1v) is 8.30. The Balaban J connectivity index is 1.59. The van der Waals surface area contributed by atoms with Crippen LogP contribution in [0.15, 0.2) is 36.4 Å². The molecule has 7 heteroatoms. The van der Waals surface area contributed by atoms with Gasteiger partial charge < -0.3 is 14.2 Å². The fraction of sp³-hybridized carbons (Fsp3) is 0.263. The van der Waals surface area contributed by atoms with Crippen molar-refractivity contribution in [1.29, 1.82) is 0 Å². The Morgan fingerprint density at radius 2 is 2.08 bits per heavy atom. The molecule has 3 rings (SSSR count). The third-order valence-corrected chi connectivity index (χ3v) is 4.32. The number of esters is 1. The minimum Gasteiger partial charge on any atom is -0.494 e.